The standard InChI is InChI=1S/C10H12N4O2S2/c1-11-7-8-9(4-6-17-8)18(15,16)14-10-3-2-5-12-13-10/h2-6,11H,7H2,1H3,(H,13,14). The number of rotatable bonds is 5. The number of sulfonamides is 1. The summed E-state index contributed by atoms with van der Waals surface area (Å²) in [6.45, 7) is 0.508. The second kappa shape index (κ2) is 5.42. The molecule has 0 bridgehead atoms. The molecular formula is C10H12N4O2S2. The number of aromatic nitrogens is 2. The first-order valence-electron chi connectivity index (χ1n) is 5.15. The quantitative estimate of drug-likeness (QED) is 0.857. The van der Waals surface area contributed by atoms with Gasteiger partial charge in [-0.2, -0.15) is 5.10 Å². The van der Waals surface area contributed by atoms with Crippen molar-refractivity contribution >= 4 is 27.2 Å². The molecule has 0 amide bonds. The summed E-state index contributed by atoms with van der Waals surface area (Å²) in [5, 5.41) is 12.0. The van der Waals surface area contributed by atoms with Crippen LogP contribution in [0.1, 0.15) is 4.88 Å². The summed E-state index contributed by atoms with van der Waals surface area (Å²) in [6.07, 6.45) is 1.48. The molecule has 2 rings (SSSR count). The molecular weight excluding hydrogens is 272 g/mol. The summed E-state index contributed by atoms with van der Waals surface area (Å²) in [7, 11) is -1.83. The summed E-state index contributed by atoms with van der Waals surface area (Å²) in [5.74, 6) is 0.208. The Labute approximate surface area is 109 Å². The Balaban J connectivity index is 2.28. The first-order chi connectivity index (χ1) is 8.63. The molecule has 18 heavy (non-hydrogen) atoms. The molecule has 0 atom stereocenters. The van der Waals surface area contributed by atoms with Gasteiger partial charge < -0.3 is 5.32 Å². The summed E-state index contributed by atoms with van der Waals surface area (Å²) in [6, 6.07) is 4.75. The highest BCUT2D eigenvalue weighted by atomic mass is 32.2. The maximum atomic E-state index is 12.2. The lowest BCUT2D eigenvalue weighted by Crippen LogP contribution is -2.16. The molecule has 2 aromatic rings. The van der Waals surface area contributed by atoms with Crippen LogP contribution in [0.3, 0.4) is 0 Å². The third kappa shape index (κ3) is 2.84. The van der Waals surface area contributed by atoms with Crippen LogP contribution in [0.15, 0.2) is 34.7 Å². The zero-order valence-corrected chi connectivity index (χ0v) is 11.3. The Morgan fingerprint density at radius 2 is 2.22 bits per heavy atom. The highest BCUT2D eigenvalue weighted by molar-refractivity contribution is 7.92. The van der Waals surface area contributed by atoms with Crippen molar-refractivity contribution in [1.82, 2.24) is 15.5 Å². The van der Waals surface area contributed by atoms with Gasteiger partial charge in [0.15, 0.2) is 5.82 Å². The largest absolute Gasteiger partial charge is 0.315 e. The van der Waals surface area contributed by atoms with Gasteiger partial charge >= 0.3 is 0 Å². The zero-order valence-electron chi connectivity index (χ0n) is 9.62. The van der Waals surface area contributed by atoms with Gasteiger partial charge in [-0.15, -0.1) is 16.4 Å². The highest BCUT2D eigenvalue weighted by Gasteiger charge is 2.19. The smallest absolute Gasteiger partial charge is 0.264 e. The minimum absolute atomic E-state index is 0.208. The first kappa shape index (κ1) is 12.9. The minimum Gasteiger partial charge on any atom is -0.315 e. The number of thiophene rings is 1. The van der Waals surface area contributed by atoms with Gasteiger partial charge in [0.05, 0.1) is 0 Å². The van der Waals surface area contributed by atoms with E-state index in [9.17, 15) is 8.42 Å². The molecule has 0 spiro atoms. The molecule has 0 unspecified atom stereocenters. The molecule has 2 aromatic heterocycles. The van der Waals surface area contributed by atoms with Gasteiger partial charge in [0.25, 0.3) is 10.0 Å². The van der Waals surface area contributed by atoms with Crippen LogP contribution in [-0.4, -0.2) is 25.7 Å². The maximum absolute atomic E-state index is 12.2. The van der Waals surface area contributed by atoms with E-state index in [1.165, 1.54) is 17.5 Å². The van der Waals surface area contributed by atoms with E-state index < -0.39 is 10.0 Å². The summed E-state index contributed by atoms with van der Waals surface area (Å²) in [4.78, 5) is 1.03. The van der Waals surface area contributed by atoms with Gasteiger partial charge in [0.1, 0.15) is 4.90 Å². The van der Waals surface area contributed by atoms with E-state index in [1.54, 1.807) is 30.6 Å². The molecule has 0 aromatic carbocycles. The van der Waals surface area contributed by atoms with Gasteiger partial charge in [-0.3, -0.25) is 4.72 Å². The second-order valence-electron chi connectivity index (χ2n) is 3.45. The van der Waals surface area contributed by atoms with Gasteiger partial charge in [-0.1, -0.05) is 0 Å². The summed E-state index contributed by atoms with van der Waals surface area (Å²) >= 11 is 1.39. The van der Waals surface area contributed by atoms with Crippen LogP contribution in [0.4, 0.5) is 5.82 Å². The van der Waals surface area contributed by atoms with Crippen molar-refractivity contribution in [2.75, 3.05) is 11.8 Å². The number of nitrogens with one attached hydrogen (secondary N) is 2. The molecule has 0 saturated heterocycles. The van der Waals surface area contributed by atoms with E-state index in [4.69, 9.17) is 0 Å². The molecule has 2 heterocycles. The van der Waals surface area contributed by atoms with E-state index in [0.29, 0.717) is 6.54 Å². The number of hydrogen-bond acceptors (Lipinski definition) is 6. The van der Waals surface area contributed by atoms with Crippen molar-refractivity contribution in [1.29, 1.82) is 0 Å². The van der Waals surface area contributed by atoms with E-state index in [2.05, 4.69) is 20.2 Å². The average molecular weight is 284 g/mol. The van der Waals surface area contributed by atoms with Crippen molar-refractivity contribution in [2.24, 2.45) is 0 Å². The van der Waals surface area contributed by atoms with Crippen LogP contribution < -0.4 is 10.0 Å². The Hall–Kier alpha value is -1.51. The molecule has 96 valence electrons. The SMILES string of the molecule is CNCc1sccc1S(=O)(=O)Nc1cccnn1. The molecule has 2 N–H and O–H groups in total. The summed E-state index contributed by atoms with van der Waals surface area (Å²) < 4.78 is 26.7. The van der Waals surface area contributed by atoms with Crippen LogP contribution in [0.5, 0.6) is 0 Å². The van der Waals surface area contributed by atoms with Gasteiger partial charge in [-0.25, -0.2) is 8.42 Å². The van der Waals surface area contributed by atoms with Gasteiger partial charge in [0, 0.05) is 17.6 Å². The third-order valence-electron chi connectivity index (χ3n) is 2.14. The van der Waals surface area contributed by atoms with Crippen LogP contribution in [-0.2, 0) is 16.6 Å². The van der Waals surface area contributed by atoms with Crippen molar-refractivity contribution in [3.63, 3.8) is 0 Å². The predicted octanol–water partition coefficient (Wildman–Crippen LogP) is 1.06. The number of hydrogen-bond donors (Lipinski definition) is 2. The predicted molar refractivity (Wildman–Crippen MR) is 69.9 cm³/mol. The number of anilines is 1. The van der Waals surface area contributed by atoms with Gasteiger partial charge in [-0.05, 0) is 30.6 Å². The topological polar surface area (TPSA) is 84.0 Å². The lowest BCUT2D eigenvalue weighted by atomic mass is 10.5. The Morgan fingerprint density at radius 1 is 1.39 bits per heavy atom. The fraction of sp³-hybridized carbons (Fsp3) is 0.200. The maximum Gasteiger partial charge on any atom is 0.264 e. The Kier molecular flexibility index (Phi) is 3.90. The van der Waals surface area contributed by atoms with Crippen molar-refractivity contribution in [3.8, 4) is 0 Å². The molecule has 0 saturated carbocycles. The van der Waals surface area contributed by atoms with Crippen LogP contribution >= 0.6 is 11.3 Å². The van der Waals surface area contributed by atoms with E-state index >= 15 is 0 Å². The van der Waals surface area contributed by atoms with Gasteiger partial charge in [0.2, 0.25) is 0 Å². The summed E-state index contributed by atoms with van der Waals surface area (Å²) in [5.41, 5.74) is 0. The van der Waals surface area contributed by atoms with E-state index in [1.807, 2.05) is 0 Å². The highest BCUT2D eigenvalue weighted by Crippen LogP contribution is 2.23. The van der Waals surface area contributed by atoms with Crippen LogP contribution in [0, 0.1) is 0 Å². The van der Waals surface area contributed by atoms with Crippen LogP contribution in [0.2, 0.25) is 0 Å². The lowest BCUT2D eigenvalue weighted by Gasteiger charge is -2.07. The number of nitrogens with zero attached hydrogens (tertiary/aromatic N) is 2. The molecule has 0 radical (unpaired) electrons. The van der Waals surface area contributed by atoms with Crippen molar-refractivity contribution < 1.29 is 8.42 Å². The molecule has 0 fully saturated rings. The normalized spacial score (nSPS) is 11.4. The van der Waals surface area contributed by atoms with E-state index in [0.717, 1.165) is 4.88 Å². The van der Waals surface area contributed by atoms with Crippen molar-refractivity contribution in [2.45, 2.75) is 11.4 Å². The first-order valence-corrected chi connectivity index (χ1v) is 7.51. The average Bonchev–Trinajstić information content (AvgIpc) is 2.79. The second-order valence-corrected chi connectivity index (χ2v) is 6.10. The zero-order chi connectivity index (χ0) is 13.0. The molecule has 6 nitrogen and oxygen atoms in total. The fourth-order valence-corrected chi connectivity index (χ4v) is 3.86. The molecule has 0 aliphatic carbocycles. The Bertz CT molecular complexity index is 610. The fourth-order valence-electron chi connectivity index (χ4n) is 1.41. The van der Waals surface area contributed by atoms with E-state index in [-0.39, 0.29) is 10.7 Å². The monoisotopic (exact) mass is 284 g/mol. The third-order valence-corrected chi connectivity index (χ3v) is 4.63. The molecule has 0 aliphatic heterocycles. The molecule has 0 aliphatic rings. The minimum atomic E-state index is -3.60. The Morgan fingerprint density at radius 3 is 2.89 bits per heavy atom. The van der Waals surface area contributed by atoms with Crippen molar-refractivity contribution in [3.05, 3.63) is 34.7 Å². The lowest BCUT2D eigenvalue weighted by molar-refractivity contribution is 0.600. The van der Waals surface area contributed by atoms with Crippen LogP contribution in [0.25, 0.3) is 0 Å². The molecule has 8 heteroatoms.